The smallest absolute Gasteiger partial charge is 0.250 e. The van der Waals surface area contributed by atoms with E-state index in [2.05, 4.69) is 16.7 Å². The van der Waals surface area contributed by atoms with Crippen molar-refractivity contribution in [2.24, 2.45) is 17.6 Å². The minimum Gasteiger partial charge on any atom is -0.543 e. The summed E-state index contributed by atoms with van der Waals surface area (Å²) in [7, 11) is 0. The fourth-order valence-electron chi connectivity index (χ4n) is 5.24. The van der Waals surface area contributed by atoms with Gasteiger partial charge in [-0.15, -0.1) is 0 Å². The quantitative estimate of drug-likeness (QED) is 0.283. The lowest BCUT2D eigenvalue weighted by molar-refractivity contribution is -0.721. The van der Waals surface area contributed by atoms with Crippen LogP contribution in [0, 0.1) is 11.8 Å². The van der Waals surface area contributed by atoms with E-state index in [4.69, 9.17) is 5.73 Å². The fraction of sp³-hybridized carbons (Fsp3) is 0.375. The first kappa shape index (κ1) is 23.1. The van der Waals surface area contributed by atoms with E-state index in [1.807, 2.05) is 42.2 Å². The summed E-state index contributed by atoms with van der Waals surface area (Å²) >= 11 is 3.14. The summed E-state index contributed by atoms with van der Waals surface area (Å²) < 4.78 is 4.18. The molecule has 3 N–H and O–H groups in total. The second-order valence-electron chi connectivity index (χ2n) is 8.88. The zero-order valence-electron chi connectivity index (χ0n) is 19.1. The Morgan fingerprint density at radius 1 is 1.32 bits per heavy atom. The number of benzene rings is 1. The molecule has 0 unspecified atom stereocenters. The van der Waals surface area contributed by atoms with Gasteiger partial charge in [0, 0.05) is 18.0 Å². The number of nitrogens with zero attached hydrogens (tertiary/aromatic N) is 3. The third-order valence-corrected chi connectivity index (χ3v) is 8.93. The molecule has 4 atom stereocenters. The summed E-state index contributed by atoms with van der Waals surface area (Å²) in [5, 5.41) is 23.2. The number of amides is 1. The molecule has 0 spiro atoms. The van der Waals surface area contributed by atoms with E-state index in [0.29, 0.717) is 18.7 Å². The number of thioether (sulfide) groups is 1. The van der Waals surface area contributed by atoms with Crippen molar-refractivity contribution in [1.29, 1.82) is 0 Å². The standard InChI is InChI=1S/C24H26N4O4S2/c1-12-17(20(24(31)32)28-19(12)18(13(2)29)21(28)30)16-10-27-11-26(22(33-3)23(27)34-16)9-15-6-4-14(8-25)5-7-15/h4-7,10-13,18-19,29H,8-9,25H2,1-3H3/t12-,13+,18+,19-/m0/s1. The first-order chi connectivity index (χ1) is 16.3. The summed E-state index contributed by atoms with van der Waals surface area (Å²) in [5.41, 5.74) is 8.49. The third kappa shape index (κ3) is 3.39. The lowest BCUT2D eigenvalue weighted by atomic mass is 9.77. The fourth-order valence-corrected chi connectivity index (χ4v) is 7.41. The lowest BCUT2D eigenvalue weighted by Crippen LogP contribution is -2.64. The van der Waals surface area contributed by atoms with Gasteiger partial charge < -0.3 is 25.6 Å². The van der Waals surface area contributed by atoms with Crippen molar-refractivity contribution in [3.05, 3.63) is 58.5 Å². The number of aliphatic carboxylic acids is 1. The van der Waals surface area contributed by atoms with Gasteiger partial charge in [-0.25, -0.2) is 4.57 Å². The van der Waals surface area contributed by atoms with Gasteiger partial charge in [0.1, 0.15) is 12.7 Å². The normalized spacial score (nSPS) is 22.9. The molecule has 1 aromatic carbocycles. The molecular weight excluding hydrogens is 472 g/mol. The molecule has 4 heterocycles. The summed E-state index contributed by atoms with van der Waals surface area (Å²) in [6.07, 6.45) is 5.12. The molecule has 2 aliphatic heterocycles. The Morgan fingerprint density at radius 3 is 2.59 bits per heavy atom. The van der Waals surface area contributed by atoms with Gasteiger partial charge in [-0.3, -0.25) is 4.79 Å². The highest BCUT2D eigenvalue weighted by Crippen LogP contribution is 2.51. The number of nitrogens with two attached hydrogens (primary N) is 1. The summed E-state index contributed by atoms with van der Waals surface area (Å²) in [6.45, 7) is 4.71. The van der Waals surface area contributed by atoms with Gasteiger partial charge in [-0.05, 0) is 24.3 Å². The molecule has 8 nitrogen and oxygen atoms in total. The molecule has 0 aliphatic carbocycles. The molecule has 178 valence electrons. The number of aliphatic hydroxyl groups excluding tert-OH is 1. The van der Waals surface area contributed by atoms with Crippen LogP contribution in [0.5, 0.6) is 0 Å². The first-order valence-corrected chi connectivity index (χ1v) is 13.1. The van der Waals surface area contributed by atoms with E-state index in [0.717, 1.165) is 25.9 Å². The molecule has 5 rings (SSSR count). The molecule has 10 heteroatoms. The van der Waals surface area contributed by atoms with Crippen LogP contribution < -0.4 is 15.4 Å². The maximum atomic E-state index is 12.6. The number of β-lactam (4-membered cyclic amide) rings is 1. The number of imidazole rings is 1. The number of fused-ring (bicyclic) bond motifs is 2. The molecule has 0 saturated carbocycles. The average Bonchev–Trinajstić information content (AvgIpc) is 3.41. The Labute approximate surface area is 205 Å². The Morgan fingerprint density at radius 2 is 2.00 bits per heavy atom. The summed E-state index contributed by atoms with van der Waals surface area (Å²) in [4.78, 5) is 27.8. The van der Waals surface area contributed by atoms with Crippen LogP contribution in [0.15, 0.2) is 47.5 Å². The zero-order valence-corrected chi connectivity index (χ0v) is 20.7. The van der Waals surface area contributed by atoms with Crippen molar-refractivity contribution in [2.45, 2.75) is 44.1 Å². The van der Waals surface area contributed by atoms with Crippen molar-refractivity contribution in [2.75, 3.05) is 6.26 Å². The van der Waals surface area contributed by atoms with Crippen molar-refractivity contribution in [3.8, 4) is 0 Å². The highest BCUT2D eigenvalue weighted by atomic mass is 32.2. The first-order valence-electron chi connectivity index (χ1n) is 11.1. The predicted octanol–water partition coefficient (Wildman–Crippen LogP) is 0.836. The molecular formula is C24H26N4O4S2. The summed E-state index contributed by atoms with van der Waals surface area (Å²) in [5.74, 6) is -2.53. The number of carboxylic acids is 1. The second kappa shape index (κ2) is 8.53. The molecule has 2 aliphatic rings. The van der Waals surface area contributed by atoms with Crippen molar-refractivity contribution in [3.63, 3.8) is 0 Å². The Kier molecular flexibility index (Phi) is 5.79. The van der Waals surface area contributed by atoms with Gasteiger partial charge in [-0.1, -0.05) is 54.3 Å². The van der Waals surface area contributed by atoms with Crippen LogP contribution in [0.1, 0.15) is 29.9 Å². The van der Waals surface area contributed by atoms with E-state index in [1.165, 1.54) is 16.2 Å². The van der Waals surface area contributed by atoms with E-state index >= 15 is 0 Å². The van der Waals surface area contributed by atoms with E-state index < -0.39 is 18.0 Å². The van der Waals surface area contributed by atoms with Gasteiger partial charge >= 0.3 is 0 Å². The maximum Gasteiger partial charge on any atom is 0.250 e. The topological polar surface area (TPSA) is 115 Å². The Hall–Kier alpha value is -2.66. The van der Waals surface area contributed by atoms with Gasteiger partial charge in [0.25, 0.3) is 6.33 Å². The molecule has 3 aromatic rings. The minimum atomic E-state index is -1.36. The Bertz CT molecular complexity index is 1320. The van der Waals surface area contributed by atoms with Crippen LogP contribution in [-0.2, 0) is 22.7 Å². The number of carbonyl (C=O) groups excluding carboxylic acids is 2. The number of aromatic nitrogens is 2. The number of thiazole rings is 1. The van der Waals surface area contributed by atoms with Gasteiger partial charge in [0.15, 0.2) is 0 Å². The van der Waals surface area contributed by atoms with Gasteiger partial charge in [0.05, 0.1) is 34.6 Å². The lowest BCUT2D eigenvalue weighted by Gasteiger charge is -2.47. The molecule has 1 amide bonds. The molecule has 1 fully saturated rings. The largest absolute Gasteiger partial charge is 0.543 e. The van der Waals surface area contributed by atoms with E-state index in [-0.39, 0.29) is 23.6 Å². The SMILES string of the molecule is CSc1c2sc(C3=C(C(=O)[O-])N4C(=O)[C@H]([C@@H](C)O)[C@@H]4[C@H]3C)cn2c[n+]1Cc1ccc(CN)cc1. The van der Waals surface area contributed by atoms with Crippen LogP contribution >= 0.6 is 23.1 Å². The van der Waals surface area contributed by atoms with Gasteiger partial charge in [-0.2, -0.15) is 4.40 Å². The van der Waals surface area contributed by atoms with Crippen LogP contribution in [0.4, 0.5) is 0 Å². The van der Waals surface area contributed by atoms with E-state index in [9.17, 15) is 19.8 Å². The monoisotopic (exact) mass is 498 g/mol. The molecule has 2 aromatic heterocycles. The van der Waals surface area contributed by atoms with Gasteiger partial charge in [0.2, 0.25) is 15.8 Å². The predicted molar refractivity (Wildman–Crippen MR) is 128 cm³/mol. The molecule has 0 bridgehead atoms. The second-order valence-corrected chi connectivity index (χ2v) is 10.7. The number of rotatable bonds is 7. The maximum absolute atomic E-state index is 12.6. The summed E-state index contributed by atoms with van der Waals surface area (Å²) in [6, 6.07) is 7.86. The number of hydrogen-bond donors (Lipinski definition) is 2. The number of aliphatic hydroxyl groups is 1. The molecule has 34 heavy (non-hydrogen) atoms. The van der Waals surface area contributed by atoms with Crippen molar-refractivity contribution in [1.82, 2.24) is 9.30 Å². The van der Waals surface area contributed by atoms with Crippen molar-refractivity contribution >= 4 is 45.4 Å². The van der Waals surface area contributed by atoms with Crippen LogP contribution in [0.3, 0.4) is 0 Å². The average molecular weight is 499 g/mol. The number of carbonyl (C=O) groups is 2. The van der Waals surface area contributed by atoms with Crippen LogP contribution in [0.25, 0.3) is 10.4 Å². The highest BCUT2D eigenvalue weighted by molar-refractivity contribution is 7.98. The van der Waals surface area contributed by atoms with Crippen LogP contribution in [-0.4, -0.2) is 44.7 Å². The Balaban J connectivity index is 1.53. The number of hydrogen-bond acceptors (Lipinski definition) is 7. The highest BCUT2D eigenvalue weighted by Gasteiger charge is 2.59. The number of carboxylic acid groups (broad SMARTS) is 1. The zero-order chi connectivity index (χ0) is 24.3. The molecule has 0 radical (unpaired) electrons. The van der Waals surface area contributed by atoms with E-state index in [1.54, 1.807) is 18.7 Å². The van der Waals surface area contributed by atoms with Crippen molar-refractivity contribution < 1.29 is 24.4 Å². The molecule has 1 saturated heterocycles. The van der Waals surface area contributed by atoms with Crippen LogP contribution in [0.2, 0.25) is 0 Å². The minimum absolute atomic E-state index is 0.0672. The third-order valence-electron chi connectivity index (χ3n) is 6.84.